The second-order valence-corrected chi connectivity index (χ2v) is 7.23. The summed E-state index contributed by atoms with van der Waals surface area (Å²) in [5.41, 5.74) is 0. The molecule has 0 spiro atoms. The molecule has 0 saturated heterocycles. The summed E-state index contributed by atoms with van der Waals surface area (Å²) < 4.78 is 26.8. The Labute approximate surface area is 128 Å². The van der Waals surface area contributed by atoms with E-state index in [2.05, 4.69) is 9.71 Å². The van der Waals surface area contributed by atoms with E-state index in [0.717, 1.165) is 12.8 Å². The van der Waals surface area contributed by atoms with Crippen molar-refractivity contribution in [1.82, 2.24) is 9.71 Å². The van der Waals surface area contributed by atoms with E-state index in [4.69, 9.17) is 11.6 Å². The first-order chi connectivity index (χ1) is 9.92. The Balaban J connectivity index is 2.08. The van der Waals surface area contributed by atoms with Gasteiger partial charge in [-0.15, -0.1) is 0 Å². The Kier molecular flexibility index (Phi) is 5.18. The van der Waals surface area contributed by atoms with Gasteiger partial charge in [0, 0.05) is 12.7 Å². The van der Waals surface area contributed by atoms with Gasteiger partial charge in [-0.05, 0) is 30.9 Å². The van der Waals surface area contributed by atoms with Gasteiger partial charge in [0.1, 0.15) is 10.0 Å². The van der Waals surface area contributed by atoms with Crippen LogP contribution in [0.3, 0.4) is 0 Å². The highest BCUT2D eigenvalue weighted by Gasteiger charge is 2.32. The number of hydrogen-bond donors (Lipinski definition) is 2. The summed E-state index contributed by atoms with van der Waals surface area (Å²) in [6, 6.07) is 2.86. The lowest BCUT2D eigenvalue weighted by molar-refractivity contribution is -0.144. The molecule has 0 aliphatic heterocycles. The number of nitrogens with one attached hydrogen (secondary N) is 1. The fourth-order valence-corrected chi connectivity index (χ4v) is 4.19. The number of sulfonamides is 1. The summed E-state index contributed by atoms with van der Waals surface area (Å²) in [5.74, 6) is -1.55. The van der Waals surface area contributed by atoms with Gasteiger partial charge < -0.3 is 5.11 Å². The third kappa shape index (κ3) is 3.93. The maximum absolute atomic E-state index is 12.2. The van der Waals surface area contributed by atoms with Gasteiger partial charge in [0.15, 0.2) is 0 Å². The van der Waals surface area contributed by atoms with Crippen LogP contribution >= 0.6 is 11.6 Å². The van der Waals surface area contributed by atoms with Crippen LogP contribution in [-0.4, -0.2) is 31.0 Å². The van der Waals surface area contributed by atoms with E-state index in [-0.39, 0.29) is 22.5 Å². The topological polar surface area (TPSA) is 96.4 Å². The van der Waals surface area contributed by atoms with Gasteiger partial charge in [0.25, 0.3) is 0 Å². The van der Waals surface area contributed by atoms with Crippen molar-refractivity contribution >= 4 is 27.6 Å². The molecular weight excluding hydrogens is 316 g/mol. The minimum Gasteiger partial charge on any atom is -0.481 e. The maximum Gasteiger partial charge on any atom is 0.306 e. The zero-order valence-electron chi connectivity index (χ0n) is 11.3. The maximum atomic E-state index is 12.2. The van der Waals surface area contributed by atoms with Crippen molar-refractivity contribution in [2.75, 3.05) is 6.54 Å². The van der Waals surface area contributed by atoms with Crippen molar-refractivity contribution < 1.29 is 18.3 Å². The second-order valence-electron chi connectivity index (χ2n) is 5.13. The van der Waals surface area contributed by atoms with Crippen molar-refractivity contribution in [2.45, 2.75) is 30.6 Å². The molecular formula is C13H17ClN2O4S. The Morgan fingerprint density at radius 1 is 1.43 bits per heavy atom. The number of rotatable bonds is 5. The van der Waals surface area contributed by atoms with Crippen molar-refractivity contribution in [2.24, 2.45) is 11.8 Å². The summed E-state index contributed by atoms with van der Waals surface area (Å²) in [4.78, 5) is 14.9. The molecule has 21 heavy (non-hydrogen) atoms. The summed E-state index contributed by atoms with van der Waals surface area (Å²) in [7, 11) is -3.78. The zero-order chi connectivity index (χ0) is 15.5. The monoisotopic (exact) mass is 332 g/mol. The number of nitrogens with zero attached hydrogens (tertiary/aromatic N) is 1. The summed E-state index contributed by atoms with van der Waals surface area (Å²) in [6.45, 7) is 0.102. The van der Waals surface area contributed by atoms with Gasteiger partial charge in [0.2, 0.25) is 10.0 Å². The first-order valence-electron chi connectivity index (χ1n) is 6.75. The molecule has 1 saturated carbocycles. The molecule has 2 N–H and O–H groups in total. The Hall–Kier alpha value is -1.18. The Morgan fingerprint density at radius 2 is 2.14 bits per heavy atom. The second kappa shape index (κ2) is 6.72. The van der Waals surface area contributed by atoms with Crippen molar-refractivity contribution in [3.05, 3.63) is 23.5 Å². The summed E-state index contributed by atoms with van der Waals surface area (Å²) >= 11 is 5.79. The van der Waals surface area contributed by atoms with E-state index in [1.807, 2.05) is 0 Å². The van der Waals surface area contributed by atoms with Crippen LogP contribution in [0.5, 0.6) is 0 Å². The first kappa shape index (κ1) is 16.2. The predicted octanol–water partition coefficient (Wildman–Crippen LogP) is 1.90. The lowest BCUT2D eigenvalue weighted by atomic mass is 9.79. The molecule has 116 valence electrons. The average molecular weight is 333 g/mol. The van der Waals surface area contributed by atoms with Gasteiger partial charge in [-0.25, -0.2) is 18.1 Å². The molecule has 0 aromatic carbocycles. The molecule has 1 heterocycles. The number of aromatic nitrogens is 1. The summed E-state index contributed by atoms with van der Waals surface area (Å²) in [6.07, 6.45) is 4.50. The molecule has 8 heteroatoms. The molecule has 2 unspecified atom stereocenters. The van der Waals surface area contributed by atoms with Crippen molar-refractivity contribution in [1.29, 1.82) is 0 Å². The fraction of sp³-hybridized carbons (Fsp3) is 0.538. The smallest absolute Gasteiger partial charge is 0.306 e. The van der Waals surface area contributed by atoms with Crippen LogP contribution < -0.4 is 4.72 Å². The van der Waals surface area contributed by atoms with Gasteiger partial charge in [0.05, 0.1) is 5.92 Å². The third-order valence-corrected chi connectivity index (χ3v) is 5.64. The number of hydrogen-bond acceptors (Lipinski definition) is 4. The van der Waals surface area contributed by atoms with Gasteiger partial charge in [-0.1, -0.05) is 24.4 Å². The lowest BCUT2D eigenvalue weighted by Gasteiger charge is -2.28. The van der Waals surface area contributed by atoms with Crippen molar-refractivity contribution in [3.63, 3.8) is 0 Å². The molecule has 0 bridgehead atoms. The van der Waals surface area contributed by atoms with Crippen molar-refractivity contribution in [3.8, 4) is 0 Å². The van der Waals surface area contributed by atoms with E-state index >= 15 is 0 Å². The van der Waals surface area contributed by atoms with E-state index in [0.29, 0.717) is 12.8 Å². The Morgan fingerprint density at radius 3 is 2.81 bits per heavy atom. The Bertz CT molecular complexity index is 620. The zero-order valence-corrected chi connectivity index (χ0v) is 12.9. The number of halogens is 1. The first-order valence-corrected chi connectivity index (χ1v) is 8.61. The highest BCUT2D eigenvalue weighted by atomic mass is 35.5. The predicted molar refractivity (Wildman–Crippen MR) is 77.5 cm³/mol. The minimum atomic E-state index is -3.78. The highest BCUT2D eigenvalue weighted by Crippen LogP contribution is 2.30. The summed E-state index contributed by atoms with van der Waals surface area (Å²) in [5, 5.41) is 9.10. The quantitative estimate of drug-likeness (QED) is 0.803. The lowest BCUT2D eigenvalue weighted by Crippen LogP contribution is -2.37. The number of carboxylic acid groups (broad SMARTS) is 1. The van der Waals surface area contributed by atoms with Crippen LogP contribution in [0.2, 0.25) is 5.15 Å². The van der Waals surface area contributed by atoms with Crippen LogP contribution in [-0.2, 0) is 14.8 Å². The molecule has 0 amide bonds. The van der Waals surface area contributed by atoms with Gasteiger partial charge >= 0.3 is 5.97 Å². The van der Waals surface area contributed by atoms with Gasteiger partial charge in [-0.3, -0.25) is 4.79 Å². The molecule has 1 aliphatic rings. The molecule has 1 aliphatic carbocycles. The van der Waals surface area contributed by atoms with Crippen LogP contribution in [0, 0.1) is 11.8 Å². The minimum absolute atomic E-state index is 0.0886. The van der Waals surface area contributed by atoms with E-state index in [9.17, 15) is 18.3 Å². The number of carboxylic acids is 1. The molecule has 6 nitrogen and oxygen atoms in total. The number of pyridine rings is 1. The van der Waals surface area contributed by atoms with Crippen LogP contribution in [0.15, 0.2) is 23.2 Å². The standard InChI is InChI=1S/C13H17ClN2O4S/c14-12-11(6-3-7-15-12)21(19,20)16-8-9-4-1-2-5-10(9)13(17)18/h3,6-7,9-10,16H,1-2,4-5,8H2,(H,17,18). The SMILES string of the molecule is O=C(O)C1CCCCC1CNS(=O)(=O)c1cccnc1Cl. The van der Waals surface area contributed by atoms with Crippen LogP contribution in [0.25, 0.3) is 0 Å². The normalized spacial score (nSPS) is 22.9. The molecule has 1 fully saturated rings. The van der Waals surface area contributed by atoms with Crippen LogP contribution in [0.4, 0.5) is 0 Å². The van der Waals surface area contributed by atoms with Crippen LogP contribution in [0.1, 0.15) is 25.7 Å². The van der Waals surface area contributed by atoms with E-state index in [1.54, 1.807) is 0 Å². The molecule has 1 aromatic rings. The van der Waals surface area contributed by atoms with E-state index < -0.39 is 21.9 Å². The van der Waals surface area contributed by atoms with E-state index in [1.165, 1.54) is 18.3 Å². The number of carbonyl (C=O) groups is 1. The molecule has 2 rings (SSSR count). The fourth-order valence-electron chi connectivity index (χ4n) is 2.64. The number of aliphatic carboxylic acids is 1. The highest BCUT2D eigenvalue weighted by molar-refractivity contribution is 7.89. The third-order valence-electron chi connectivity index (χ3n) is 3.78. The molecule has 2 atom stereocenters. The largest absolute Gasteiger partial charge is 0.481 e. The molecule has 0 radical (unpaired) electrons. The molecule has 1 aromatic heterocycles. The van der Waals surface area contributed by atoms with Gasteiger partial charge in [-0.2, -0.15) is 0 Å². The average Bonchev–Trinajstić information content (AvgIpc) is 2.45.